The lowest BCUT2D eigenvalue weighted by Gasteiger charge is -2.19. The second-order valence-corrected chi connectivity index (χ2v) is 6.45. The smallest absolute Gasteiger partial charge is 0.225 e. The van der Waals surface area contributed by atoms with Crippen LogP contribution in [0, 0.1) is 5.92 Å². The first-order chi connectivity index (χ1) is 12.7. The molecule has 1 fully saturated rings. The van der Waals surface area contributed by atoms with Crippen LogP contribution in [0.5, 0.6) is 11.5 Å². The van der Waals surface area contributed by atoms with Gasteiger partial charge in [0.05, 0.1) is 18.7 Å². The van der Waals surface area contributed by atoms with Crippen LogP contribution in [0.15, 0.2) is 41.0 Å². The molecule has 1 N–H and O–H groups in total. The van der Waals surface area contributed by atoms with Crippen LogP contribution in [-0.2, 0) is 22.7 Å². The van der Waals surface area contributed by atoms with Gasteiger partial charge < -0.3 is 24.1 Å². The van der Waals surface area contributed by atoms with Gasteiger partial charge in [0.25, 0.3) is 0 Å². The van der Waals surface area contributed by atoms with Crippen molar-refractivity contribution in [3.05, 3.63) is 47.9 Å². The fraction of sp³-hybridized carbons (Fsp3) is 0.368. The van der Waals surface area contributed by atoms with Gasteiger partial charge in [0.15, 0.2) is 11.5 Å². The maximum absolute atomic E-state index is 12.4. The van der Waals surface area contributed by atoms with E-state index < -0.39 is 0 Å². The van der Waals surface area contributed by atoms with Crippen LogP contribution in [0.3, 0.4) is 0 Å². The van der Waals surface area contributed by atoms with Gasteiger partial charge in [-0.3, -0.25) is 9.59 Å². The number of hydrogen-bond acceptors (Lipinski definition) is 5. The third-order valence-corrected chi connectivity index (χ3v) is 4.59. The molecule has 0 spiro atoms. The lowest BCUT2D eigenvalue weighted by atomic mass is 10.1. The molecule has 0 saturated carbocycles. The number of nitrogens with zero attached hydrogens (tertiary/aromatic N) is 1. The molecule has 1 aromatic heterocycles. The van der Waals surface area contributed by atoms with Gasteiger partial charge in [-0.1, -0.05) is 6.07 Å². The Bertz CT molecular complexity index is 802. The predicted octanol–water partition coefficient (Wildman–Crippen LogP) is 1.72. The number of hydrogen-bond donors (Lipinski definition) is 1. The van der Waals surface area contributed by atoms with Crippen LogP contribution in [-0.4, -0.2) is 36.5 Å². The quantitative estimate of drug-likeness (QED) is 0.882. The zero-order valence-electron chi connectivity index (χ0n) is 14.3. The number of nitrogens with one attached hydrogen (secondary N) is 1. The Kier molecular flexibility index (Phi) is 4.51. The van der Waals surface area contributed by atoms with Gasteiger partial charge in [-0.25, -0.2) is 0 Å². The first-order valence-electron chi connectivity index (χ1n) is 8.65. The number of carbonyl (C=O) groups is 2. The van der Waals surface area contributed by atoms with E-state index in [0.29, 0.717) is 38.6 Å². The standard InChI is InChI=1S/C19H20N2O5/c22-18-9-14(11-21(18)12-15-2-1-5-24-15)19(23)20-10-13-3-4-16-17(8-13)26-7-6-25-16/h1-5,8,14H,6-7,9-12H2,(H,20,23). The molecule has 2 aromatic rings. The summed E-state index contributed by atoms with van der Waals surface area (Å²) in [6.45, 7) is 2.27. The zero-order valence-corrected chi connectivity index (χ0v) is 14.3. The van der Waals surface area contributed by atoms with Crippen molar-refractivity contribution in [1.29, 1.82) is 0 Å². The van der Waals surface area contributed by atoms with E-state index >= 15 is 0 Å². The number of likely N-dealkylation sites (tertiary alicyclic amines) is 1. The van der Waals surface area contributed by atoms with E-state index in [1.165, 1.54) is 0 Å². The van der Waals surface area contributed by atoms with Crippen LogP contribution in [0.1, 0.15) is 17.7 Å². The summed E-state index contributed by atoms with van der Waals surface area (Å²) in [5.41, 5.74) is 0.930. The highest BCUT2D eigenvalue weighted by atomic mass is 16.6. The summed E-state index contributed by atoms with van der Waals surface area (Å²) in [4.78, 5) is 26.2. The maximum Gasteiger partial charge on any atom is 0.225 e. The molecule has 7 heteroatoms. The molecule has 3 heterocycles. The first kappa shape index (κ1) is 16.5. The summed E-state index contributed by atoms with van der Waals surface area (Å²) < 4.78 is 16.3. The second kappa shape index (κ2) is 7.11. The number of rotatable bonds is 5. The van der Waals surface area contributed by atoms with Crippen LogP contribution >= 0.6 is 0 Å². The van der Waals surface area contributed by atoms with Crippen molar-refractivity contribution in [2.75, 3.05) is 19.8 Å². The highest BCUT2D eigenvalue weighted by Crippen LogP contribution is 2.30. The molecule has 1 atom stereocenters. The number of carbonyl (C=O) groups excluding carboxylic acids is 2. The van der Waals surface area contributed by atoms with Crippen LogP contribution < -0.4 is 14.8 Å². The molecule has 136 valence electrons. The van der Waals surface area contributed by atoms with Crippen molar-refractivity contribution in [2.45, 2.75) is 19.5 Å². The SMILES string of the molecule is O=C(NCc1ccc2c(c1)OCCO2)C1CC(=O)N(Cc2ccco2)C1. The Hall–Kier alpha value is -2.96. The van der Waals surface area contributed by atoms with Crippen LogP contribution in [0.2, 0.25) is 0 Å². The molecule has 4 rings (SSSR count). The minimum atomic E-state index is -0.338. The van der Waals surface area contributed by atoms with Crippen molar-refractivity contribution >= 4 is 11.8 Å². The van der Waals surface area contributed by atoms with Gasteiger partial charge in [0, 0.05) is 19.5 Å². The molecule has 7 nitrogen and oxygen atoms in total. The summed E-state index contributed by atoms with van der Waals surface area (Å²) >= 11 is 0. The lowest BCUT2D eigenvalue weighted by Crippen LogP contribution is -2.32. The van der Waals surface area contributed by atoms with Crippen molar-refractivity contribution in [2.24, 2.45) is 5.92 Å². The van der Waals surface area contributed by atoms with Crippen molar-refractivity contribution < 1.29 is 23.5 Å². The zero-order chi connectivity index (χ0) is 17.9. The molecule has 2 aliphatic heterocycles. The minimum Gasteiger partial charge on any atom is -0.486 e. The van der Waals surface area contributed by atoms with Gasteiger partial charge in [-0.2, -0.15) is 0 Å². The molecule has 26 heavy (non-hydrogen) atoms. The number of fused-ring (bicyclic) bond motifs is 1. The van der Waals surface area contributed by atoms with E-state index in [9.17, 15) is 9.59 Å². The molecular formula is C19H20N2O5. The molecule has 0 radical (unpaired) electrons. The Morgan fingerprint density at radius 3 is 2.85 bits per heavy atom. The Morgan fingerprint density at radius 1 is 1.19 bits per heavy atom. The van der Waals surface area contributed by atoms with E-state index in [2.05, 4.69) is 5.32 Å². The van der Waals surface area contributed by atoms with Crippen molar-refractivity contribution in [1.82, 2.24) is 10.2 Å². The molecular weight excluding hydrogens is 336 g/mol. The normalized spacial score (nSPS) is 18.8. The summed E-state index contributed by atoms with van der Waals surface area (Å²) in [6.07, 6.45) is 1.81. The van der Waals surface area contributed by atoms with E-state index in [0.717, 1.165) is 17.1 Å². The van der Waals surface area contributed by atoms with Gasteiger partial charge in [0.1, 0.15) is 19.0 Å². The van der Waals surface area contributed by atoms with Gasteiger partial charge in [-0.15, -0.1) is 0 Å². The van der Waals surface area contributed by atoms with Gasteiger partial charge in [-0.05, 0) is 29.8 Å². The number of amides is 2. The monoisotopic (exact) mass is 356 g/mol. The third-order valence-electron chi connectivity index (χ3n) is 4.59. The first-order valence-corrected chi connectivity index (χ1v) is 8.65. The highest BCUT2D eigenvalue weighted by Gasteiger charge is 2.34. The molecule has 2 aliphatic rings. The van der Waals surface area contributed by atoms with Gasteiger partial charge in [0.2, 0.25) is 11.8 Å². The average Bonchev–Trinajstić information content (AvgIpc) is 3.30. The average molecular weight is 356 g/mol. The molecule has 1 saturated heterocycles. The van der Waals surface area contributed by atoms with Crippen molar-refractivity contribution in [3.63, 3.8) is 0 Å². The largest absolute Gasteiger partial charge is 0.486 e. The van der Waals surface area contributed by atoms with E-state index in [1.54, 1.807) is 17.2 Å². The fourth-order valence-electron chi connectivity index (χ4n) is 3.22. The number of benzene rings is 1. The molecule has 1 unspecified atom stereocenters. The lowest BCUT2D eigenvalue weighted by molar-refractivity contribution is -0.129. The summed E-state index contributed by atoms with van der Waals surface area (Å²) in [7, 11) is 0. The van der Waals surface area contributed by atoms with Crippen molar-refractivity contribution in [3.8, 4) is 11.5 Å². The maximum atomic E-state index is 12.4. The fourth-order valence-corrected chi connectivity index (χ4v) is 3.22. The summed E-state index contributed by atoms with van der Waals surface area (Å²) in [5, 5.41) is 2.91. The summed E-state index contributed by atoms with van der Waals surface area (Å²) in [5.74, 6) is 1.66. The minimum absolute atomic E-state index is 0.0270. The number of ether oxygens (including phenoxy) is 2. The Morgan fingerprint density at radius 2 is 2.04 bits per heavy atom. The number of furan rings is 1. The predicted molar refractivity (Wildman–Crippen MR) is 91.5 cm³/mol. The second-order valence-electron chi connectivity index (χ2n) is 6.45. The van der Waals surface area contributed by atoms with E-state index in [1.807, 2.05) is 24.3 Å². The Balaban J connectivity index is 1.32. The summed E-state index contributed by atoms with van der Waals surface area (Å²) in [6, 6.07) is 9.23. The van der Waals surface area contributed by atoms with Gasteiger partial charge >= 0.3 is 0 Å². The molecule has 0 aliphatic carbocycles. The topological polar surface area (TPSA) is 81.0 Å². The molecule has 0 bridgehead atoms. The van der Waals surface area contributed by atoms with Crippen LogP contribution in [0.25, 0.3) is 0 Å². The van der Waals surface area contributed by atoms with E-state index in [-0.39, 0.29) is 24.2 Å². The highest BCUT2D eigenvalue weighted by molar-refractivity contribution is 5.89. The molecule has 1 aromatic carbocycles. The third kappa shape index (κ3) is 3.51. The van der Waals surface area contributed by atoms with E-state index in [4.69, 9.17) is 13.9 Å². The molecule has 2 amide bonds. The Labute approximate surface area is 150 Å². The van der Waals surface area contributed by atoms with Crippen LogP contribution in [0.4, 0.5) is 0 Å².